The molecule has 4 rings (SSSR count). The number of ether oxygens (including phenoxy) is 3. The quantitative estimate of drug-likeness (QED) is 0.0907. The minimum Gasteiger partial charge on any atom is -0.488 e. The molecule has 4 aromatic carbocycles. The van der Waals surface area contributed by atoms with Crippen LogP contribution < -0.4 is 20.7 Å². The highest BCUT2D eigenvalue weighted by atomic mass is 16.7. The minimum atomic E-state index is -0.998. The normalized spacial score (nSPS) is 12.6. The number of nitrogens with one attached hydrogen (secondary N) is 3. The molecule has 11 nitrogen and oxygen atoms in total. The summed E-state index contributed by atoms with van der Waals surface area (Å²) in [5.74, 6) is -0.154. The molecular formula is C42H54N4O7. The molecule has 4 amide bonds. The molecule has 0 spiro atoms. The highest BCUT2D eigenvalue weighted by Gasteiger charge is 2.30. The van der Waals surface area contributed by atoms with Gasteiger partial charge in [-0.05, 0) is 74.2 Å². The first-order chi connectivity index (χ1) is 25.5. The van der Waals surface area contributed by atoms with Crippen LogP contribution in [0, 0.1) is 0 Å². The maximum Gasteiger partial charge on any atom is 0.315 e. The maximum atomic E-state index is 14.7. The largest absolute Gasteiger partial charge is 0.488 e. The summed E-state index contributed by atoms with van der Waals surface area (Å²) in [5.41, 5.74) is 2.26. The molecule has 0 heterocycles. The van der Waals surface area contributed by atoms with Crippen LogP contribution in [0.5, 0.6) is 5.75 Å². The Labute approximate surface area is 313 Å². The van der Waals surface area contributed by atoms with Crippen molar-refractivity contribution in [3.63, 3.8) is 0 Å². The molecule has 0 unspecified atom stereocenters. The SMILES string of the molecule is CCOC(CN(Cc1cccc2ccccc12)C(=O)[C@H](Cc1ccc(OC(C)(C)C)cc1)NC(=O)C[C@@H](CO)NC(=O)NCc1ccccc1)OCC. The van der Waals surface area contributed by atoms with Crippen LogP contribution in [-0.2, 0) is 38.6 Å². The first kappa shape index (κ1) is 40.8. The van der Waals surface area contributed by atoms with Crippen molar-refractivity contribution in [1.82, 2.24) is 20.9 Å². The lowest BCUT2D eigenvalue weighted by molar-refractivity contribution is -0.161. The van der Waals surface area contributed by atoms with E-state index in [4.69, 9.17) is 14.2 Å². The third kappa shape index (κ3) is 13.5. The first-order valence-corrected chi connectivity index (χ1v) is 18.2. The van der Waals surface area contributed by atoms with Crippen molar-refractivity contribution in [3.05, 3.63) is 114 Å². The van der Waals surface area contributed by atoms with Crippen LogP contribution in [0.1, 0.15) is 57.7 Å². The van der Waals surface area contributed by atoms with Gasteiger partial charge in [0.2, 0.25) is 11.8 Å². The predicted molar refractivity (Wildman–Crippen MR) is 206 cm³/mol. The lowest BCUT2D eigenvalue weighted by atomic mass is 10.0. The van der Waals surface area contributed by atoms with Crippen molar-refractivity contribution in [1.29, 1.82) is 0 Å². The molecule has 11 heteroatoms. The third-order valence-electron chi connectivity index (χ3n) is 8.33. The van der Waals surface area contributed by atoms with E-state index >= 15 is 0 Å². The molecule has 0 aromatic heterocycles. The van der Waals surface area contributed by atoms with Crippen LogP contribution in [0.15, 0.2) is 97.1 Å². The van der Waals surface area contributed by atoms with E-state index < -0.39 is 36.9 Å². The van der Waals surface area contributed by atoms with Crippen LogP contribution in [0.3, 0.4) is 0 Å². The van der Waals surface area contributed by atoms with Gasteiger partial charge < -0.3 is 40.2 Å². The van der Waals surface area contributed by atoms with Crippen molar-refractivity contribution in [2.24, 2.45) is 0 Å². The monoisotopic (exact) mass is 726 g/mol. The standard InChI is InChI=1S/C42H54N4O7/c1-6-51-39(52-7-2)28-46(27-33-18-13-17-32-16-11-12-19-36(32)33)40(49)37(24-30-20-22-35(23-21-30)53-42(3,4)5)45-38(48)25-34(29-47)44-41(50)43-26-31-14-9-8-10-15-31/h8-23,34,37,39,47H,6-7,24-29H2,1-5H3,(H,45,48)(H2,43,44,50)/t34-,37-/m0/s1. The van der Waals surface area contributed by atoms with E-state index in [-0.39, 0.29) is 44.0 Å². The average molecular weight is 727 g/mol. The molecule has 284 valence electrons. The Bertz CT molecular complexity index is 1730. The fraction of sp³-hybridized carbons (Fsp3) is 0.405. The number of urea groups is 1. The van der Waals surface area contributed by atoms with Crippen molar-refractivity contribution in [2.45, 2.75) is 84.5 Å². The number of aliphatic hydroxyl groups is 1. The molecule has 0 bridgehead atoms. The molecule has 53 heavy (non-hydrogen) atoms. The van der Waals surface area contributed by atoms with E-state index in [1.54, 1.807) is 4.90 Å². The van der Waals surface area contributed by atoms with Gasteiger partial charge in [-0.25, -0.2) is 4.79 Å². The van der Waals surface area contributed by atoms with Crippen molar-refractivity contribution in [2.75, 3.05) is 26.4 Å². The van der Waals surface area contributed by atoms with E-state index in [0.29, 0.717) is 19.0 Å². The van der Waals surface area contributed by atoms with E-state index in [2.05, 4.69) is 16.0 Å². The van der Waals surface area contributed by atoms with Crippen molar-refractivity contribution in [3.8, 4) is 5.75 Å². The number of carbonyl (C=O) groups excluding carboxylic acids is 3. The van der Waals surface area contributed by atoms with Crippen molar-refractivity contribution < 1.29 is 33.7 Å². The maximum absolute atomic E-state index is 14.7. The summed E-state index contributed by atoms with van der Waals surface area (Å²) in [4.78, 5) is 42.7. The van der Waals surface area contributed by atoms with Gasteiger partial charge in [-0.15, -0.1) is 0 Å². The van der Waals surface area contributed by atoms with Crippen LogP contribution in [0.25, 0.3) is 10.8 Å². The molecule has 0 aliphatic rings. The number of rotatable bonds is 19. The van der Waals surface area contributed by atoms with Gasteiger partial charge in [0.05, 0.1) is 19.2 Å². The number of fused-ring (bicyclic) bond motifs is 1. The summed E-state index contributed by atoms with van der Waals surface area (Å²) < 4.78 is 17.8. The zero-order chi connectivity index (χ0) is 38.2. The number of hydrogen-bond donors (Lipinski definition) is 4. The number of nitrogens with zero attached hydrogens (tertiary/aromatic N) is 1. The second kappa shape index (κ2) is 20.3. The minimum absolute atomic E-state index is 0.122. The molecule has 4 N–H and O–H groups in total. The summed E-state index contributed by atoms with van der Waals surface area (Å²) in [7, 11) is 0. The lowest BCUT2D eigenvalue weighted by Gasteiger charge is -2.31. The van der Waals surface area contributed by atoms with E-state index in [1.165, 1.54) is 0 Å². The number of benzene rings is 4. The summed E-state index contributed by atoms with van der Waals surface area (Å²) in [6.45, 7) is 10.6. The highest BCUT2D eigenvalue weighted by molar-refractivity contribution is 5.90. The molecule has 2 atom stereocenters. The van der Waals surface area contributed by atoms with Gasteiger partial charge in [0, 0.05) is 39.1 Å². The van der Waals surface area contributed by atoms with E-state index in [9.17, 15) is 19.5 Å². The molecule has 0 radical (unpaired) electrons. The van der Waals surface area contributed by atoms with Gasteiger partial charge in [0.15, 0.2) is 6.29 Å². The second-order valence-corrected chi connectivity index (χ2v) is 13.8. The Balaban J connectivity index is 1.59. The number of carbonyl (C=O) groups is 3. The molecule has 0 fully saturated rings. The van der Waals surface area contributed by atoms with Gasteiger partial charge in [-0.1, -0.05) is 84.9 Å². The van der Waals surface area contributed by atoms with Crippen LogP contribution in [-0.4, -0.2) is 78.2 Å². The second-order valence-electron chi connectivity index (χ2n) is 13.8. The summed E-state index contributed by atoms with van der Waals surface area (Å²) in [6, 6.07) is 28.4. The molecule has 0 aliphatic heterocycles. The fourth-order valence-corrected chi connectivity index (χ4v) is 5.93. The van der Waals surface area contributed by atoms with Gasteiger partial charge in [-0.3, -0.25) is 9.59 Å². The Morgan fingerprint density at radius 1 is 0.792 bits per heavy atom. The Hall–Kier alpha value is -4.97. The zero-order valence-electron chi connectivity index (χ0n) is 31.5. The van der Waals surface area contributed by atoms with Gasteiger partial charge in [0.25, 0.3) is 0 Å². The Morgan fingerprint density at radius 3 is 2.11 bits per heavy atom. The molecule has 0 saturated carbocycles. The molecular weight excluding hydrogens is 672 g/mol. The summed E-state index contributed by atoms with van der Waals surface area (Å²) in [5, 5.41) is 20.5. The van der Waals surface area contributed by atoms with E-state index in [0.717, 1.165) is 27.5 Å². The van der Waals surface area contributed by atoms with Crippen LogP contribution >= 0.6 is 0 Å². The number of hydrogen-bond acceptors (Lipinski definition) is 7. The van der Waals surface area contributed by atoms with E-state index in [1.807, 2.05) is 132 Å². The lowest BCUT2D eigenvalue weighted by Crippen LogP contribution is -2.53. The molecule has 0 aliphatic carbocycles. The van der Waals surface area contributed by atoms with Crippen molar-refractivity contribution >= 4 is 28.6 Å². The van der Waals surface area contributed by atoms with Gasteiger partial charge in [-0.2, -0.15) is 0 Å². The average Bonchev–Trinajstić information content (AvgIpc) is 3.13. The third-order valence-corrected chi connectivity index (χ3v) is 8.33. The molecule has 0 saturated heterocycles. The zero-order valence-corrected chi connectivity index (χ0v) is 31.5. The van der Waals surface area contributed by atoms with Crippen LogP contribution in [0.2, 0.25) is 0 Å². The Morgan fingerprint density at radius 2 is 1.45 bits per heavy atom. The molecule has 4 aromatic rings. The highest BCUT2D eigenvalue weighted by Crippen LogP contribution is 2.23. The summed E-state index contributed by atoms with van der Waals surface area (Å²) in [6.07, 6.45) is -0.761. The number of aliphatic hydroxyl groups excluding tert-OH is 1. The predicted octanol–water partition coefficient (Wildman–Crippen LogP) is 5.72. The van der Waals surface area contributed by atoms with Crippen LogP contribution in [0.4, 0.5) is 4.79 Å². The Kier molecular flexibility index (Phi) is 15.6. The number of amides is 4. The van der Waals surface area contributed by atoms with Gasteiger partial charge >= 0.3 is 6.03 Å². The van der Waals surface area contributed by atoms with Gasteiger partial charge in [0.1, 0.15) is 17.4 Å². The summed E-state index contributed by atoms with van der Waals surface area (Å²) >= 11 is 0. The smallest absolute Gasteiger partial charge is 0.315 e. The topological polar surface area (TPSA) is 138 Å². The fourth-order valence-electron chi connectivity index (χ4n) is 5.93. The first-order valence-electron chi connectivity index (χ1n) is 18.2.